The first-order valence-electron chi connectivity index (χ1n) is 5.51. The van der Waals surface area contributed by atoms with Gasteiger partial charge in [-0.2, -0.15) is 0 Å². The van der Waals surface area contributed by atoms with Crippen LogP contribution in [0.25, 0.3) is 11.4 Å². The molecule has 1 aliphatic rings. The molecule has 17 heavy (non-hydrogen) atoms. The van der Waals surface area contributed by atoms with Crippen LogP contribution in [0, 0.1) is 0 Å². The maximum Gasteiger partial charge on any atom is 0.186 e. The largest absolute Gasteiger partial charge is 0.496 e. The van der Waals surface area contributed by atoms with Crippen molar-refractivity contribution in [3.05, 3.63) is 18.2 Å². The number of anilines is 1. The van der Waals surface area contributed by atoms with E-state index in [1.165, 1.54) is 0 Å². The van der Waals surface area contributed by atoms with Gasteiger partial charge in [-0.15, -0.1) is 5.10 Å². The third-order valence-corrected chi connectivity index (χ3v) is 2.85. The summed E-state index contributed by atoms with van der Waals surface area (Å²) in [5, 5.41) is 11.8. The molecule has 0 atom stereocenters. The summed E-state index contributed by atoms with van der Waals surface area (Å²) in [6.07, 6.45) is 2.27. The van der Waals surface area contributed by atoms with Gasteiger partial charge in [-0.25, -0.2) is 4.68 Å². The first kappa shape index (κ1) is 10.1. The van der Waals surface area contributed by atoms with Gasteiger partial charge in [-0.3, -0.25) is 0 Å². The molecule has 1 heterocycles. The molecular formula is C11H13N5O. The van der Waals surface area contributed by atoms with Crippen LogP contribution >= 0.6 is 0 Å². The number of benzene rings is 1. The van der Waals surface area contributed by atoms with E-state index in [9.17, 15) is 0 Å². The Balaban J connectivity index is 2.10. The molecule has 2 N–H and O–H groups in total. The van der Waals surface area contributed by atoms with E-state index in [1.807, 2.05) is 16.8 Å². The number of nitrogens with two attached hydrogens (primary N) is 1. The molecule has 1 saturated carbocycles. The smallest absolute Gasteiger partial charge is 0.186 e. The average Bonchev–Trinajstić information content (AvgIpc) is 3.07. The molecule has 0 bridgehead atoms. The zero-order valence-electron chi connectivity index (χ0n) is 9.50. The van der Waals surface area contributed by atoms with Gasteiger partial charge in [-0.05, 0) is 35.4 Å². The lowest BCUT2D eigenvalue weighted by atomic mass is 10.1. The van der Waals surface area contributed by atoms with E-state index >= 15 is 0 Å². The van der Waals surface area contributed by atoms with Crippen LogP contribution in [0.5, 0.6) is 5.75 Å². The van der Waals surface area contributed by atoms with Crippen molar-refractivity contribution >= 4 is 5.69 Å². The van der Waals surface area contributed by atoms with E-state index in [2.05, 4.69) is 15.5 Å². The van der Waals surface area contributed by atoms with Crippen LogP contribution in [0.2, 0.25) is 0 Å². The van der Waals surface area contributed by atoms with Crippen molar-refractivity contribution < 1.29 is 4.74 Å². The van der Waals surface area contributed by atoms with Crippen LogP contribution in [0.15, 0.2) is 18.2 Å². The normalized spacial score (nSPS) is 14.9. The minimum absolute atomic E-state index is 0.433. The molecular weight excluding hydrogens is 218 g/mol. The minimum atomic E-state index is 0.433. The van der Waals surface area contributed by atoms with Gasteiger partial charge in [0.25, 0.3) is 0 Å². The van der Waals surface area contributed by atoms with Gasteiger partial charge < -0.3 is 10.5 Å². The number of rotatable bonds is 3. The summed E-state index contributed by atoms with van der Waals surface area (Å²) in [7, 11) is 1.61. The number of hydrogen-bond acceptors (Lipinski definition) is 5. The van der Waals surface area contributed by atoms with Crippen molar-refractivity contribution in [1.29, 1.82) is 0 Å². The average molecular weight is 231 g/mol. The van der Waals surface area contributed by atoms with Gasteiger partial charge in [0.15, 0.2) is 5.82 Å². The van der Waals surface area contributed by atoms with E-state index < -0.39 is 0 Å². The molecule has 0 radical (unpaired) electrons. The number of nitrogen functional groups attached to an aromatic ring is 1. The Morgan fingerprint density at radius 3 is 2.94 bits per heavy atom. The van der Waals surface area contributed by atoms with Crippen LogP contribution in [0.3, 0.4) is 0 Å². The van der Waals surface area contributed by atoms with E-state index in [4.69, 9.17) is 10.5 Å². The standard InChI is InChI=1S/C11H13N5O/c1-17-10-6-7(12)2-5-9(10)11-13-14-15-16(11)8-3-4-8/h2,5-6,8H,3-4,12H2,1H3. The van der Waals surface area contributed by atoms with Crippen LogP contribution in [0.1, 0.15) is 18.9 Å². The first-order valence-corrected chi connectivity index (χ1v) is 5.51. The molecule has 0 amide bonds. The zero-order chi connectivity index (χ0) is 11.8. The van der Waals surface area contributed by atoms with Crippen molar-refractivity contribution in [2.45, 2.75) is 18.9 Å². The van der Waals surface area contributed by atoms with Crippen molar-refractivity contribution in [2.75, 3.05) is 12.8 Å². The van der Waals surface area contributed by atoms with E-state index in [0.717, 1.165) is 24.2 Å². The van der Waals surface area contributed by atoms with Crippen molar-refractivity contribution in [3.8, 4) is 17.1 Å². The summed E-state index contributed by atoms with van der Waals surface area (Å²) < 4.78 is 7.17. The minimum Gasteiger partial charge on any atom is -0.496 e. The molecule has 1 aromatic heterocycles. The highest BCUT2D eigenvalue weighted by molar-refractivity contribution is 5.67. The lowest BCUT2D eigenvalue weighted by Gasteiger charge is -2.08. The summed E-state index contributed by atoms with van der Waals surface area (Å²) in [4.78, 5) is 0. The number of tetrazole rings is 1. The van der Waals surface area contributed by atoms with Gasteiger partial charge in [-0.1, -0.05) is 0 Å². The number of ether oxygens (including phenoxy) is 1. The molecule has 1 aliphatic carbocycles. The Bertz CT molecular complexity index is 547. The predicted octanol–water partition coefficient (Wildman–Crippen LogP) is 1.27. The van der Waals surface area contributed by atoms with E-state index in [1.54, 1.807) is 13.2 Å². The Labute approximate surface area is 98.4 Å². The maximum atomic E-state index is 5.73. The topological polar surface area (TPSA) is 78.8 Å². The maximum absolute atomic E-state index is 5.73. The van der Waals surface area contributed by atoms with Crippen molar-refractivity contribution in [3.63, 3.8) is 0 Å². The van der Waals surface area contributed by atoms with Gasteiger partial charge in [0, 0.05) is 11.8 Å². The summed E-state index contributed by atoms with van der Waals surface area (Å²) >= 11 is 0. The third-order valence-electron chi connectivity index (χ3n) is 2.85. The van der Waals surface area contributed by atoms with E-state index in [-0.39, 0.29) is 0 Å². The molecule has 0 saturated heterocycles. The van der Waals surface area contributed by atoms with Gasteiger partial charge in [0.2, 0.25) is 0 Å². The monoisotopic (exact) mass is 231 g/mol. The Hall–Kier alpha value is -2.11. The molecule has 0 unspecified atom stereocenters. The van der Waals surface area contributed by atoms with Crippen LogP contribution in [-0.2, 0) is 0 Å². The fraction of sp³-hybridized carbons (Fsp3) is 0.364. The fourth-order valence-electron chi connectivity index (χ4n) is 1.83. The van der Waals surface area contributed by atoms with Gasteiger partial charge >= 0.3 is 0 Å². The van der Waals surface area contributed by atoms with E-state index in [0.29, 0.717) is 17.5 Å². The Morgan fingerprint density at radius 1 is 1.41 bits per heavy atom. The van der Waals surface area contributed by atoms with Crippen molar-refractivity contribution in [1.82, 2.24) is 20.2 Å². The SMILES string of the molecule is COc1cc(N)ccc1-c1nnnn1C1CC1. The van der Waals surface area contributed by atoms with Gasteiger partial charge in [0.05, 0.1) is 18.7 Å². The third kappa shape index (κ3) is 1.71. The fourth-order valence-corrected chi connectivity index (χ4v) is 1.83. The molecule has 1 aromatic carbocycles. The summed E-state index contributed by atoms with van der Waals surface area (Å²) in [5.41, 5.74) is 7.26. The van der Waals surface area contributed by atoms with Crippen LogP contribution in [-0.4, -0.2) is 27.3 Å². The molecule has 0 spiro atoms. The quantitative estimate of drug-likeness (QED) is 0.804. The Kier molecular flexibility index (Phi) is 2.21. The van der Waals surface area contributed by atoms with Crippen LogP contribution in [0.4, 0.5) is 5.69 Å². The molecule has 6 nitrogen and oxygen atoms in total. The number of methoxy groups -OCH3 is 1. The van der Waals surface area contributed by atoms with Crippen molar-refractivity contribution in [2.24, 2.45) is 0 Å². The first-order chi connectivity index (χ1) is 8.29. The number of nitrogens with zero attached hydrogens (tertiary/aromatic N) is 4. The lowest BCUT2D eigenvalue weighted by Crippen LogP contribution is -2.01. The highest BCUT2D eigenvalue weighted by atomic mass is 16.5. The molecule has 3 rings (SSSR count). The molecule has 1 fully saturated rings. The highest BCUT2D eigenvalue weighted by Gasteiger charge is 2.29. The lowest BCUT2D eigenvalue weighted by molar-refractivity contribution is 0.416. The van der Waals surface area contributed by atoms with Gasteiger partial charge in [0.1, 0.15) is 5.75 Å². The molecule has 2 aromatic rings. The predicted molar refractivity (Wildman–Crippen MR) is 62.5 cm³/mol. The second-order valence-electron chi connectivity index (χ2n) is 4.14. The molecule has 88 valence electrons. The second kappa shape index (κ2) is 3.73. The summed E-state index contributed by atoms with van der Waals surface area (Å²) in [6, 6.07) is 5.92. The molecule has 0 aliphatic heterocycles. The zero-order valence-corrected chi connectivity index (χ0v) is 9.50. The number of aromatic nitrogens is 4. The highest BCUT2D eigenvalue weighted by Crippen LogP contribution is 2.38. The number of hydrogen-bond donors (Lipinski definition) is 1. The summed E-state index contributed by atoms with van der Waals surface area (Å²) in [6.45, 7) is 0. The van der Waals surface area contributed by atoms with Crippen LogP contribution < -0.4 is 10.5 Å². The molecule has 6 heteroatoms. The second-order valence-corrected chi connectivity index (χ2v) is 4.14. The summed E-state index contributed by atoms with van der Waals surface area (Å²) in [5.74, 6) is 1.44. The Morgan fingerprint density at radius 2 is 2.24 bits per heavy atom.